The maximum atomic E-state index is 11.0. The van der Waals surface area contributed by atoms with Gasteiger partial charge in [0.25, 0.3) is 5.24 Å². The lowest BCUT2D eigenvalue weighted by atomic mass is 10.2. The van der Waals surface area contributed by atoms with E-state index in [-0.39, 0.29) is 11.3 Å². The molecule has 0 aromatic heterocycles. The number of halogens is 1. The standard InChI is InChI=1S/C9H8ClNO3/c1-11(13)8-5-6(14-2)3-4-7(8)9(10)12/h3-5H,1H2,2H3. The molecule has 0 spiro atoms. The molecule has 1 aromatic rings. The summed E-state index contributed by atoms with van der Waals surface area (Å²) in [5, 5.41) is 10.3. The summed E-state index contributed by atoms with van der Waals surface area (Å²) >= 11 is 5.27. The van der Waals surface area contributed by atoms with E-state index in [1.165, 1.54) is 19.2 Å². The summed E-state index contributed by atoms with van der Waals surface area (Å²) in [6.45, 7) is 3.14. The van der Waals surface area contributed by atoms with Gasteiger partial charge in [0.2, 0.25) is 5.69 Å². The van der Waals surface area contributed by atoms with Crippen LogP contribution in [0.25, 0.3) is 0 Å². The van der Waals surface area contributed by atoms with Crippen LogP contribution in [0.3, 0.4) is 0 Å². The highest BCUT2D eigenvalue weighted by Gasteiger charge is 2.15. The smallest absolute Gasteiger partial charge is 0.259 e. The molecule has 0 heterocycles. The highest BCUT2D eigenvalue weighted by molar-refractivity contribution is 6.68. The van der Waals surface area contributed by atoms with E-state index in [9.17, 15) is 10.0 Å². The Morgan fingerprint density at radius 3 is 2.71 bits per heavy atom. The molecule has 0 radical (unpaired) electrons. The van der Waals surface area contributed by atoms with Crippen molar-refractivity contribution in [1.29, 1.82) is 0 Å². The van der Waals surface area contributed by atoms with Crippen molar-refractivity contribution in [3.63, 3.8) is 0 Å². The van der Waals surface area contributed by atoms with Crippen LogP contribution in [0.2, 0.25) is 0 Å². The van der Waals surface area contributed by atoms with Crippen molar-refractivity contribution in [2.24, 2.45) is 0 Å². The lowest BCUT2D eigenvalue weighted by Crippen LogP contribution is -1.99. The molecule has 0 N–H and O–H groups in total. The number of hydrogen-bond acceptors (Lipinski definition) is 3. The van der Waals surface area contributed by atoms with Crippen LogP contribution in [0.1, 0.15) is 10.4 Å². The van der Waals surface area contributed by atoms with Crippen LogP contribution < -0.4 is 4.74 Å². The van der Waals surface area contributed by atoms with Gasteiger partial charge in [-0.3, -0.25) is 4.79 Å². The maximum absolute atomic E-state index is 11.0. The highest BCUT2D eigenvalue weighted by atomic mass is 35.5. The van der Waals surface area contributed by atoms with Crippen LogP contribution in [-0.2, 0) is 0 Å². The second kappa shape index (κ2) is 4.11. The summed E-state index contributed by atoms with van der Waals surface area (Å²) in [5.41, 5.74) is 0.196. The zero-order valence-electron chi connectivity index (χ0n) is 7.49. The Bertz CT molecular complexity index is 390. The third kappa shape index (κ3) is 2.03. The Hall–Kier alpha value is -1.55. The average molecular weight is 214 g/mol. The summed E-state index contributed by atoms with van der Waals surface area (Å²) in [5.74, 6) is 0.464. The first-order chi connectivity index (χ1) is 6.56. The molecular formula is C9H8ClNO3. The SMILES string of the molecule is C=[N+]([O-])c1cc(OC)ccc1C(=O)Cl. The topological polar surface area (TPSA) is 52.4 Å². The Labute approximate surface area is 86.0 Å². The highest BCUT2D eigenvalue weighted by Crippen LogP contribution is 2.25. The van der Waals surface area contributed by atoms with Gasteiger partial charge in [-0.15, -0.1) is 0 Å². The van der Waals surface area contributed by atoms with E-state index in [0.717, 1.165) is 0 Å². The molecule has 0 aliphatic rings. The molecule has 14 heavy (non-hydrogen) atoms. The lowest BCUT2D eigenvalue weighted by Gasteiger charge is -2.06. The lowest BCUT2D eigenvalue weighted by molar-refractivity contribution is -0.350. The molecule has 74 valence electrons. The van der Waals surface area contributed by atoms with Gasteiger partial charge in [0.15, 0.2) is 0 Å². The molecule has 0 saturated carbocycles. The third-order valence-corrected chi connectivity index (χ3v) is 1.89. The minimum Gasteiger partial charge on any atom is -0.619 e. The van der Waals surface area contributed by atoms with Crippen molar-refractivity contribution >= 4 is 29.2 Å². The molecule has 0 aliphatic carbocycles. The summed E-state index contributed by atoms with van der Waals surface area (Å²) in [7, 11) is 1.46. The number of rotatable bonds is 3. The molecule has 0 amide bonds. The number of nitrogens with zero attached hydrogens (tertiary/aromatic N) is 1. The third-order valence-electron chi connectivity index (χ3n) is 1.69. The second-order valence-corrected chi connectivity index (χ2v) is 2.88. The molecule has 1 rings (SSSR count). The Morgan fingerprint density at radius 2 is 2.29 bits per heavy atom. The molecule has 5 heteroatoms. The van der Waals surface area contributed by atoms with Gasteiger partial charge in [-0.2, -0.15) is 4.74 Å². The quantitative estimate of drug-likeness (QED) is 0.253. The first-order valence-electron chi connectivity index (χ1n) is 3.72. The van der Waals surface area contributed by atoms with Crippen LogP contribution in [0.4, 0.5) is 5.69 Å². The number of methoxy groups -OCH3 is 1. The molecule has 0 unspecified atom stereocenters. The molecule has 1 aromatic carbocycles. The van der Waals surface area contributed by atoms with Crippen molar-refractivity contribution in [2.45, 2.75) is 0 Å². The van der Waals surface area contributed by atoms with Crippen LogP contribution in [-0.4, -0.2) is 23.8 Å². The first-order valence-corrected chi connectivity index (χ1v) is 4.09. The fourth-order valence-corrected chi connectivity index (χ4v) is 1.17. The van der Waals surface area contributed by atoms with Crippen molar-refractivity contribution in [3.05, 3.63) is 29.0 Å². The Morgan fingerprint density at radius 1 is 1.64 bits per heavy atom. The van der Waals surface area contributed by atoms with E-state index in [0.29, 0.717) is 10.5 Å². The average Bonchev–Trinajstić information content (AvgIpc) is 2.16. The number of carbonyl (C=O) groups excluding carboxylic acids is 1. The molecule has 0 bridgehead atoms. The van der Waals surface area contributed by atoms with Crippen LogP contribution in [0.15, 0.2) is 18.2 Å². The molecule has 4 nitrogen and oxygen atoms in total. The van der Waals surface area contributed by atoms with Crippen LogP contribution in [0, 0.1) is 5.21 Å². The Balaban J connectivity index is 3.31. The van der Waals surface area contributed by atoms with E-state index < -0.39 is 5.24 Å². The van der Waals surface area contributed by atoms with Gasteiger partial charge in [-0.25, -0.2) is 0 Å². The van der Waals surface area contributed by atoms with E-state index in [1.54, 1.807) is 6.07 Å². The van der Waals surface area contributed by atoms with Gasteiger partial charge in [0.1, 0.15) is 18.0 Å². The van der Waals surface area contributed by atoms with Crippen molar-refractivity contribution in [2.75, 3.05) is 7.11 Å². The molecular weight excluding hydrogens is 206 g/mol. The normalized spacial score (nSPS) is 9.57. The summed E-state index contributed by atoms with van der Waals surface area (Å²) in [6, 6.07) is 4.36. The van der Waals surface area contributed by atoms with Crippen molar-refractivity contribution < 1.29 is 14.3 Å². The summed E-state index contributed by atoms with van der Waals surface area (Å²) in [6.07, 6.45) is 0. The number of hydrogen-bond donors (Lipinski definition) is 0. The van der Waals surface area contributed by atoms with Gasteiger partial charge < -0.3 is 9.94 Å². The van der Waals surface area contributed by atoms with Gasteiger partial charge in [0, 0.05) is 0 Å². The zero-order chi connectivity index (χ0) is 10.7. The van der Waals surface area contributed by atoms with Gasteiger partial charge >= 0.3 is 0 Å². The van der Waals surface area contributed by atoms with Gasteiger partial charge in [-0.1, -0.05) is 0 Å². The minimum atomic E-state index is -0.702. The largest absolute Gasteiger partial charge is 0.619 e. The monoisotopic (exact) mass is 213 g/mol. The van der Waals surface area contributed by atoms with Crippen molar-refractivity contribution in [1.82, 2.24) is 0 Å². The fourth-order valence-electron chi connectivity index (χ4n) is 1.01. The number of ether oxygens (including phenoxy) is 1. The molecule has 0 atom stereocenters. The van der Waals surface area contributed by atoms with E-state index in [2.05, 4.69) is 6.72 Å². The fraction of sp³-hybridized carbons (Fsp3) is 0.111. The zero-order valence-corrected chi connectivity index (χ0v) is 8.25. The molecule has 0 fully saturated rings. The minimum absolute atomic E-state index is 0.0874. The second-order valence-electron chi connectivity index (χ2n) is 2.54. The first kappa shape index (κ1) is 10.5. The molecule has 0 aliphatic heterocycles. The predicted molar refractivity (Wildman–Crippen MR) is 53.6 cm³/mol. The van der Waals surface area contributed by atoms with Crippen LogP contribution >= 0.6 is 11.6 Å². The van der Waals surface area contributed by atoms with E-state index in [4.69, 9.17) is 16.3 Å². The maximum Gasteiger partial charge on any atom is 0.259 e. The van der Waals surface area contributed by atoms with E-state index >= 15 is 0 Å². The predicted octanol–water partition coefficient (Wildman–Crippen LogP) is 1.92. The summed E-state index contributed by atoms with van der Waals surface area (Å²) in [4.78, 5) is 10.9. The summed E-state index contributed by atoms with van der Waals surface area (Å²) < 4.78 is 5.21. The van der Waals surface area contributed by atoms with E-state index in [1.807, 2.05) is 0 Å². The molecule has 0 saturated heterocycles. The number of benzene rings is 1. The van der Waals surface area contributed by atoms with Gasteiger partial charge in [-0.05, 0) is 23.7 Å². The number of carbonyl (C=O) groups is 1. The van der Waals surface area contributed by atoms with Gasteiger partial charge in [0.05, 0.1) is 13.2 Å². The van der Waals surface area contributed by atoms with Crippen molar-refractivity contribution in [3.8, 4) is 5.75 Å². The Kier molecular flexibility index (Phi) is 3.09. The van der Waals surface area contributed by atoms with Crippen LogP contribution in [0.5, 0.6) is 5.75 Å².